The van der Waals surface area contributed by atoms with E-state index in [1.807, 2.05) is 71.4 Å². The zero-order valence-corrected chi connectivity index (χ0v) is 18.0. The Morgan fingerprint density at radius 3 is 2.63 bits per heavy atom. The van der Waals surface area contributed by atoms with Crippen LogP contribution in [0.3, 0.4) is 0 Å². The molecule has 2 heterocycles. The van der Waals surface area contributed by atoms with Crippen LogP contribution in [0.15, 0.2) is 60.1 Å². The van der Waals surface area contributed by atoms with E-state index >= 15 is 0 Å². The summed E-state index contributed by atoms with van der Waals surface area (Å²) in [5.41, 5.74) is 3.45. The van der Waals surface area contributed by atoms with Gasteiger partial charge in [0.1, 0.15) is 11.5 Å². The van der Waals surface area contributed by atoms with Gasteiger partial charge < -0.3 is 14.4 Å². The fraction of sp³-hybridized carbons (Fsp3) is 0.217. The Labute approximate surface area is 179 Å². The van der Waals surface area contributed by atoms with Crippen LogP contribution in [-0.4, -0.2) is 36.1 Å². The maximum atomic E-state index is 13.0. The number of nitrogens with zero attached hydrogens (tertiary/aromatic N) is 3. The van der Waals surface area contributed by atoms with Crippen LogP contribution in [0, 0.1) is 0 Å². The normalized spacial score (nSPS) is 10.9. The Kier molecular flexibility index (Phi) is 5.72. The third-order valence-electron chi connectivity index (χ3n) is 4.98. The number of thiazole rings is 1. The summed E-state index contributed by atoms with van der Waals surface area (Å²) in [6.07, 6.45) is 2.25. The highest BCUT2D eigenvalue weighted by molar-refractivity contribution is 7.15. The van der Waals surface area contributed by atoms with E-state index in [1.165, 1.54) is 11.3 Å². The molecule has 154 valence electrons. The summed E-state index contributed by atoms with van der Waals surface area (Å²) in [7, 11) is 3.27. The number of para-hydroxylation sites is 1. The molecule has 7 heteroatoms. The standard InChI is InChI=1S/C23H23N3O3S/c1-4-25(16-8-6-5-7-9-16)22(27)12-17-15-30-23-24-20(14-26(17)23)19-13-18(28-2)10-11-21(19)29-3/h5-11,13-15H,4,12H2,1-3H3. The maximum Gasteiger partial charge on any atom is 0.232 e. The summed E-state index contributed by atoms with van der Waals surface area (Å²) in [6, 6.07) is 15.4. The minimum atomic E-state index is 0.0533. The lowest BCUT2D eigenvalue weighted by Gasteiger charge is -2.20. The van der Waals surface area contributed by atoms with Crippen LogP contribution < -0.4 is 14.4 Å². The maximum absolute atomic E-state index is 13.0. The van der Waals surface area contributed by atoms with Gasteiger partial charge in [-0.15, -0.1) is 11.3 Å². The molecule has 1 amide bonds. The van der Waals surface area contributed by atoms with Crippen molar-refractivity contribution in [1.29, 1.82) is 0 Å². The van der Waals surface area contributed by atoms with Gasteiger partial charge in [0.25, 0.3) is 0 Å². The molecule has 2 aromatic carbocycles. The molecule has 0 fully saturated rings. The van der Waals surface area contributed by atoms with Crippen LogP contribution in [-0.2, 0) is 11.2 Å². The van der Waals surface area contributed by atoms with Gasteiger partial charge in [0.05, 0.1) is 26.3 Å². The van der Waals surface area contributed by atoms with Gasteiger partial charge in [-0.05, 0) is 37.3 Å². The Bertz CT molecular complexity index is 1170. The van der Waals surface area contributed by atoms with Crippen LogP contribution in [0.25, 0.3) is 16.2 Å². The lowest BCUT2D eigenvalue weighted by Crippen LogP contribution is -2.32. The average Bonchev–Trinajstić information content (AvgIpc) is 3.36. The van der Waals surface area contributed by atoms with E-state index in [0.29, 0.717) is 13.0 Å². The van der Waals surface area contributed by atoms with Crippen molar-refractivity contribution in [3.63, 3.8) is 0 Å². The summed E-state index contributed by atoms with van der Waals surface area (Å²) in [6.45, 7) is 2.60. The number of aromatic nitrogens is 2. The zero-order valence-electron chi connectivity index (χ0n) is 17.2. The molecule has 0 saturated carbocycles. The van der Waals surface area contributed by atoms with Crippen molar-refractivity contribution in [1.82, 2.24) is 9.38 Å². The molecule has 0 radical (unpaired) electrons. The van der Waals surface area contributed by atoms with E-state index in [-0.39, 0.29) is 5.91 Å². The molecule has 0 N–H and O–H groups in total. The van der Waals surface area contributed by atoms with Gasteiger partial charge in [-0.25, -0.2) is 4.98 Å². The third-order valence-corrected chi connectivity index (χ3v) is 5.87. The molecule has 0 spiro atoms. The quantitative estimate of drug-likeness (QED) is 0.435. The van der Waals surface area contributed by atoms with Gasteiger partial charge >= 0.3 is 0 Å². The van der Waals surface area contributed by atoms with Crippen molar-refractivity contribution in [2.45, 2.75) is 13.3 Å². The van der Waals surface area contributed by atoms with E-state index in [9.17, 15) is 4.79 Å². The molecule has 0 saturated heterocycles. The van der Waals surface area contributed by atoms with Gasteiger partial charge in [-0.2, -0.15) is 0 Å². The number of methoxy groups -OCH3 is 2. The number of carbonyl (C=O) groups is 1. The van der Waals surface area contributed by atoms with E-state index in [0.717, 1.165) is 39.1 Å². The second-order valence-electron chi connectivity index (χ2n) is 6.72. The second kappa shape index (κ2) is 8.59. The van der Waals surface area contributed by atoms with E-state index in [4.69, 9.17) is 14.5 Å². The number of benzene rings is 2. The molecule has 0 bridgehead atoms. The first-order valence-electron chi connectivity index (χ1n) is 9.68. The van der Waals surface area contributed by atoms with Crippen LogP contribution in [0.1, 0.15) is 12.6 Å². The molecule has 30 heavy (non-hydrogen) atoms. The Hall–Kier alpha value is -3.32. The summed E-state index contributed by atoms with van der Waals surface area (Å²) >= 11 is 1.52. The molecular weight excluding hydrogens is 398 g/mol. The number of anilines is 1. The average molecular weight is 422 g/mol. The molecule has 0 atom stereocenters. The van der Waals surface area contributed by atoms with Crippen molar-refractivity contribution >= 4 is 27.9 Å². The number of likely N-dealkylation sites (N-methyl/N-ethyl adjacent to an activating group) is 1. The van der Waals surface area contributed by atoms with Crippen molar-refractivity contribution in [3.05, 3.63) is 65.8 Å². The number of ether oxygens (including phenoxy) is 2. The first-order valence-corrected chi connectivity index (χ1v) is 10.6. The summed E-state index contributed by atoms with van der Waals surface area (Å²) in [5, 5.41) is 1.99. The number of fused-ring (bicyclic) bond motifs is 1. The second-order valence-corrected chi connectivity index (χ2v) is 7.56. The zero-order chi connectivity index (χ0) is 21.1. The molecule has 0 aliphatic carbocycles. The highest BCUT2D eigenvalue weighted by Crippen LogP contribution is 2.34. The number of carbonyl (C=O) groups excluding carboxylic acids is 1. The van der Waals surface area contributed by atoms with Gasteiger partial charge in [-0.3, -0.25) is 9.20 Å². The molecular formula is C23H23N3O3S. The SMILES string of the molecule is CCN(C(=O)Cc1csc2nc(-c3cc(OC)ccc3OC)cn12)c1ccccc1. The molecule has 0 aliphatic heterocycles. The lowest BCUT2D eigenvalue weighted by atomic mass is 10.1. The first-order chi connectivity index (χ1) is 14.6. The Morgan fingerprint density at radius 1 is 1.13 bits per heavy atom. The highest BCUT2D eigenvalue weighted by Gasteiger charge is 2.19. The van der Waals surface area contributed by atoms with Gasteiger partial charge in [0, 0.05) is 35.1 Å². The lowest BCUT2D eigenvalue weighted by molar-refractivity contribution is -0.118. The van der Waals surface area contributed by atoms with Crippen molar-refractivity contribution in [2.24, 2.45) is 0 Å². The number of hydrogen-bond acceptors (Lipinski definition) is 5. The smallest absolute Gasteiger partial charge is 0.232 e. The Morgan fingerprint density at radius 2 is 1.93 bits per heavy atom. The van der Waals surface area contributed by atoms with Gasteiger partial charge in [0.2, 0.25) is 5.91 Å². The molecule has 4 rings (SSSR count). The third kappa shape index (κ3) is 3.76. The Balaban J connectivity index is 1.65. The fourth-order valence-corrected chi connectivity index (χ4v) is 4.33. The number of amides is 1. The molecule has 2 aromatic heterocycles. The molecule has 4 aromatic rings. The predicted octanol–water partition coefficient (Wildman–Crippen LogP) is 4.68. The van der Waals surface area contributed by atoms with Gasteiger partial charge in [0.15, 0.2) is 4.96 Å². The van der Waals surface area contributed by atoms with E-state index < -0.39 is 0 Å². The van der Waals surface area contributed by atoms with Crippen LogP contribution in [0.5, 0.6) is 11.5 Å². The monoisotopic (exact) mass is 421 g/mol. The van der Waals surface area contributed by atoms with Crippen molar-refractivity contribution in [2.75, 3.05) is 25.7 Å². The molecule has 0 aliphatic rings. The summed E-state index contributed by atoms with van der Waals surface area (Å²) in [4.78, 5) is 20.4. The minimum Gasteiger partial charge on any atom is -0.497 e. The van der Waals surface area contributed by atoms with E-state index in [2.05, 4.69) is 0 Å². The predicted molar refractivity (Wildman–Crippen MR) is 120 cm³/mol. The number of hydrogen-bond donors (Lipinski definition) is 0. The fourth-order valence-electron chi connectivity index (χ4n) is 3.46. The van der Waals surface area contributed by atoms with Crippen molar-refractivity contribution in [3.8, 4) is 22.8 Å². The first kappa shape index (κ1) is 20.0. The van der Waals surface area contributed by atoms with E-state index in [1.54, 1.807) is 19.1 Å². The van der Waals surface area contributed by atoms with Crippen LogP contribution >= 0.6 is 11.3 Å². The highest BCUT2D eigenvalue weighted by atomic mass is 32.1. The number of imidazole rings is 1. The van der Waals surface area contributed by atoms with Gasteiger partial charge in [-0.1, -0.05) is 18.2 Å². The minimum absolute atomic E-state index is 0.0533. The molecule has 6 nitrogen and oxygen atoms in total. The van der Waals surface area contributed by atoms with Crippen molar-refractivity contribution < 1.29 is 14.3 Å². The van der Waals surface area contributed by atoms with Crippen LogP contribution in [0.4, 0.5) is 5.69 Å². The van der Waals surface area contributed by atoms with Crippen LogP contribution in [0.2, 0.25) is 0 Å². The summed E-state index contributed by atoms with van der Waals surface area (Å²) < 4.78 is 12.8. The largest absolute Gasteiger partial charge is 0.497 e. The number of rotatable bonds is 7. The topological polar surface area (TPSA) is 56.1 Å². The summed E-state index contributed by atoms with van der Waals surface area (Å²) in [5.74, 6) is 1.51. The molecule has 0 unspecified atom stereocenters.